The predicted molar refractivity (Wildman–Crippen MR) is 135 cm³/mol. The fraction of sp³-hybridized carbons (Fsp3) is 0.577. The number of nitrogens with zero attached hydrogens (tertiary/aromatic N) is 1. The van der Waals surface area contributed by atoms with Crippen molar-refractivity contribution in [2.24, 2.45) is 0 Å². The van der Waals surface area contributed by atoms with E-state index in [-0.39, 0.29) is 27.7 Å². The molecule has 2 rings (SSSR count). The van der Waals surface area contributed by atoms with Gasteiger partial charge in [0, 0.05) is 23.8 Å². The van der Waals surface area contributed by atoms with E-state index in [9.17, 15) is 14.9 Å². The zero-order valence-corrected chi connectivity index (χ0v) is 20.7. The van der Waals surface area contributed by atoms with Gasteiger partial charge in [-0.2, -0.15) is 0 Å². The highest BCUT2D eigenvalue weighted by atomic mass is 32.2. The molecule has 0 spiro atoms. The lowest BCUT2D eigenvalue weighted by Crippen LogP contribution is -2.52. The SMILES string of the molecule is CCCCCCCCNC1C=CC=CC1(C(=O)CC)c1ccc(SC(C)C)c([N+](=O)[O-])c1. The number of nitro benzene ring substituents is 1. The molecule has 1 aliphatic rings. The highest BCUT2D eigenvalue weighted by molar-refractivity contribution is 8.00. The number of nitro groups is 1. The Morgan fingerprint density at radius 1 is 1.16 bits per heavy atom. The molecule has 32 heavy (non-hydrogen) atoms. The van der Waals surface area contributed by atoms with Crippen LogP contribution >= 0.6 is 11.8 Å². The highest BCUT2D eigenvalue weighted by Crippen LogP contribution is 2.40. The molecule has 1 N–H and O–H groups in total. The minimum Gasteiger partial charge on any atom is -0.309 e. The lowest BCUT2D eigenvalue weighted by molar-refractivity contribution is -0.387. The van der Waals surface area contributed by atoms with Crippen molar-refractivity contribution in [2.45, 2.75) is 94.2 Å². The minimum atomic E-state index is -0.933. The number of rotatable bonds is 14. The van der Waals surface area contributed by atoms with Crippen LogP contribution in [0.5, 0.6) is 0 Å². The van der Waals surface area contributed by atoms with Gasteiger partial charge in [-0.25, -0.2) is 0 Å². The second-order valence-electron chi connectivity index (χ2n) is 8.70. The van der Waals surface area contributed by atoms with Crippen LogP contribution in [0.25, 0.3) is 0 Å². The average Bonchev–Trinajstić information content (AvgIpc) is 2.78. The quantitative estimate of drug-likeness (QED) is 0.144. The number of allylic oxidation sites excluding steroid dienone is 2. The summed E-state index contributed by atoms with van der Waals surface area (Å²) in [6, 6.07) is 5.09. The van der Waals surface area contributed by atoms with E-state index in [1.807, 2.05) is 51.1 Å². The summed E-state index contributed by atoms with van der Waals surface area (Å²) in [6.07, 6.45) is 15.4. The highest BCUT2D eigenvalue weighted by Gasteiger charge is 2.44. The molecule has 5 nitrogen and oxygen atoms in total. The molecule has 1 aromatic rings. The fourth-order valence-electron chi connectivity index (χ4n) is 4.30. The van der Waals surface area contributed by atoms with Gasteiger partial charge in [-0.15, -0.1) is 11.8 Å². The Morgan fingerprint density at radius 2 is 1.88 bits per heavy atom. The summed E-state index contributed by atoms with van der Waals surface area (Å²) >= 11 is 1.47. The van der Waals surface area contributed by atoms with E-state index in [0.29, 0.717) is 16.9 Å². The van der Waals surface area contributed by atoms with Gasteiger partial charge in [0.1, 0.15) is 5.78 Å². The number of ketones is 1. The standard InChI is InChI=1S/C26H38N2O3S/c1-5-7-8-9-10-13-18-27-24-14-11-12-17-26(24,25(29)6-2)21-15-16-23(32-20(3)4)22(19-21)28(30)31/h11-12,14-17,19-20,24,27H,5-10,13,18H2,1-4H3. The van der Waals surface area contributed by atoms with Crippen LogP contribution in [0, 0.1) is 10.1 Å². The van der Waals surface area contributed by atoms with Crippen molar-refractivity contribution < 1.29 is 9.72 Å². The van der Waals surface area contributed by atoms with Crippen LogP contribution in [0.1, 0.15) is 78.2 Å². The molecule has 0 fully saturated rings. The van der Waals surface area contributed by atoms with Crippen molar-refractivity contribution >= 4 is 23.2 Å². The molecule has 2 unspecified atom stereocenters. The van der Waals surface area contributed by atoms with E-state index in [1.165, 1.54) is 43.9 Å². The topological polar surface area (TPSA) is 72.2 Å². The summed E-state index contributed by atoms with van der Waals surface area (Å²) in [5.41, 5.74) is -0.176. The predicted octanol–water partition coefficient (Wildman–Crippen LogP) is 6.76. The maximum Gasteiger partial charge on any atom is 0.283 e. The first-order valence-corrected chi connectivity index (χ1v) is 12.8. The van der Waals surface area contributed by atoms with Crippen LogP contribution in [0.15, 0.2) is 47.4 Å². The number of unbranched alkanes of at least 4 members (excludes halogenated alkanes) is 5. The van der Waals surface area contributed by atoms with Crippen LogP contribution in [0.4, 0.5) is 5.69 Å². The molecule has 0 radical (unpaired) electrons. The average molecular weight is 459 g/mol. The third kappa shape index (κ3) is 6.55. The van der Waals surface area contributed by atoms with Gasteiger partial charge in [0.15, 0.2) is 0 Å². The Balaban J connectivity index is 2.32. The number of carbonyl (C=O) groups excluding carboxylic acids is 1. The van der Waals surface area contributed by atoms with E-state index in [0.717, 1.165) is 13.0 Å². The van der Waals surface area contributed by atoms with Crippen LogP contribution < -0.4 is 5.32 Å². The Morgan fingerprint density at radius 3 is 2.53 bits per heavy atom. The number of hydrogen-bond acceptors (Lipinski definition) is 5. The first kappa shape index (κ1) is 26.3. The smallest absolute Gasteiger partial charge is 0.283 e. The molecule has 176 valence electrons. The first-order valence-electron chi connectivity index (χ1n) is 11.9. The molecule has 0 amide bonds. The van der Waals surface area contributed by atoms with Crippen molar-refractivity contribution in [1.82, 2.24) is 5.32 Å². The molecule has 2 atom stereocenters. The zero-order chi connectivity index (χ0) is 23.6. The summed E-state index contributed by atoms with van der Waals surface area (Å²) in [7, 11) is 0. The van der Waals surface area contributed by atoms with Crippen molar-refractivity contribution in [3.05, 3.63) is 58.2 Å². The zero-order valence-electron chi connectivity index (χ0n) is 19.9. The maximum atomic E-state index is 13.4. The second-order valence-corrected chi connectivity index (χ2v) is 10.3. The molecule has 0 saturated heterocycles. The summed E-state index contributed by atoms with van der Waals surface area (Å²) in [5, 5.41) is 15.7. The first-order chi connectivity index (χ1) is 15.4. The molecule has 6 heteroatoms. The third-order valence-corrected chi connectivity index (χ3v) is 7.01. The monoisotopic (exact) mass is 458 g/mol. The van der Waals surface area contributed by atoms with Crippen molar-refractivity contribution in [1.29, 1.82) is 0 Å². The molecule has 0 bridgehead atoms. The van der Waals surface area contributed by atoms with Crippen LogP contribution in [0.2, 0.25) is 0 Å². The number of nitrogens with one attached hydrogen (secondary N) is 1. The molecule has 0 saturated carbocycles. The van der Waals surface area contributed by atoms with E-state index in [2.05, 4.69) is 12.2 Å². The van der Waals surface area contributed by atoms with E-state index in [1.54, 1.807) is 12.1 Å². The van der Waals surface area contributed by atoms with Gasteiger partial charge in [-0.3, -0.25) is 14.9 Å². The van der Waals surface area contributed by atoms with Gasteiger partial charge in [0.2, 0.25) is 0 Å². The number of Topliss-reactive ketones (excluding diaryl/α,β-unsaturated/α-hetero) is 1. The Labute approximate surface area is 197 Å². The van der Waals surface area contributed by atoms with Crippen molar-refractivity contribution in [2.75, 3.05) is 6.54 Å². The summed E-state index contributed by atoms with van der Waals surface area (Å²) in [6.45, 7) is 8.92. The van der Waals surface area contributed by atoms with Gasteiger partial charge >= 0.3 is 0 Å². The lowest BCUT2D eigenvalue weighted by atomic mass is 9.68. The largest absolute Gasteiger partial charge is 0.309 e. The minimum absolute atomic E-state index is 0.0668. The van der Waals surface area contributed by atoms with Crippen molar-refractivity contribution in [3.63, 3.8) is 0 Å². The summed E-state index contributed by atoms with van der Waals surface area (Å²) in [5.74, 6) is 0.0668. The molecular weight excluding hydrogens is 420 g/mol. The van der Waals surface area contributed by atoms with Crippen LogP contribution in [0.3, 0.4) is 0 Å². The number of carbonyl (C=O) groups is 1. The van der Waals surface area contributed by atoms with Gasteiger partial charge in [0.25, 0.3) is 5.69 Å². The Kier molecular flexibility index (Phi) is 10.7. The Bertz CT molecular complexity index is 834. The molecule has 0 heterocycles. The van der Waals surface area contributed by atoms with Gasteiger partial charge in [-0.05, 0) is 24.6 Å². The third-order valence-electron chi connectivity index (χ3n) is 5.94. The van der Waals surface area contributed by atoms with Gasteiger partial charge in [-0.1, -0.05) is 90.2 Å². The maximum absolute atomic E-state index is 13.4. The molecule has 0 aromatic heterocycles. The fourth-order valence-corrected chi connectivity index (χ4v) is 5.21. The normalized spacial score (nSPS) is 20.1. The molecule has 0 aliphatic heterocycles. The second kappa shape index (κ2) is 12.9. The Hall–Kier alpha value is -1.92. The van der Waals surface area contributed by atoms with E-state index in [4.69, 9.17) is 0 Å². The summed E-state index contributed by atoms with van der Waals surface area (Å²) < 4.78 is 0. The molecule has 1 aliphatic carbocycles. The lowest BCUT2D eigenvalue weighted by Gasteiger charge is -2.38. The van der Waals surface area contributed by atoms with E-state index < -0.39 is 5.41 Å². The molecule has 1 aromatic carbocycles. The van der Waals surface area contributed by atoms with Crippen LogP contribution in [-0.4, -0.2) is 28.5 Å². The number of hydrogen-bond donors (Lipinski definition) is 1. The van der Waals surface area contributed by atoms with Gasteiger partial charge < -0.3 is 5.32 Å². The number of benzene rings is 1. The van der Waals surface area contributed by atoms with E-state index >= 15 is 0 Å². The molecular formula is C26H38N2O3S. The summed E-state index contributed by atoms with van der Waals surface area (Å²) in [4.78, 5) is 25.5. The van der Waals surface area contributed by atoms with Crippen LogP contribution in [-0.2, 0) is 10.2 Å². The number of thioether (sulfide) groups is 1. The van der Waals surface area contributed by atoms with Crippen molar-refractivity contribution in [3.8, 4) is 0 Å². The van der Waals surface area contributed by atoms with Gasteiger partial charge in [0.05, 0.1) is 15.2 Å².